The molecule has 0 bridgehead atoms. The monoisotopic (exact) mass is 274 g/mol. The summed E-state index contributed by atoms with van der Waals surface area (Å²) in [4.78, 5) is 16.3. The smallest absolute Gasteiger partial charge is 0.291 e. The van der Waals surface area contributed by atoms with Crippen LogP contribution in [0.5, 0.6) is 0 Å². The van der Waals surface area contributed by atoms with E-state index in [1.165, 1.54) is 5.69 Å². The molecule has 3 rings (SSSR count). The highest BCUT2D eigenvalue weighted by Crippen LogP contribution is 2.29. The summed E-state index contributed by atoms with van der Waals surface area (Å²) < 4.78 is 1.88. The van der Waals surface area contributed by atoms with Gasteiger partial charge in [-0.3, -0.25) is 14.6 Å². The first-order valence-corrected chi connectivity index (χ1v) is 6.92. The lowest BCUT2D eigenvalue weighted by Crippen LogP contribution is -2.31. The molecule has 1 atom stereocenters. The quantitative estimate of drug-likeness (QED) is 0.870. The van der Waals surface area contributed by atoms with Crippen LogP contribution in [0.25, 0.3) is 0 Å². The third-order valence-electron chi connectivity index (χ3n) is 3.75. The summed E-state index contributed by atoms with van der Waals surface area (Å²) in [6, 6.07) is 0.00327. The molecule has 0 aromatic carbocycles. The molecule has 2 N–H and O–H groups in total. The van der Waals surface area contributed by atoms with Crippen LogP contribution in [0.4, 0.5) is 0 Å². The highest BCUT2D eigenvalue weighted by atomic mass is 16.2. The Morgan fingerprint density at radius 2 is 2.45 bits per heavy atom. The molecular formula is C13H18N6O. The van der Waals surface area contributed by atoms with Gasteiger partial charge in [0.25, 0.3) is 5.91 Å². The molecule has 0 radical (unpaired) electrons. The van der Waals surface area contributed by atoms with Gasteiger partial charge in [-0.05, 0) is 19.3 Å². The minimum absolute atomic E-state index is 0.00327. The Morgan fingerprint density at radius 1 is 1.60 bits per heavy atom. The standard InChI is InChI=1S/C13H18N6O/c1-3-11-16-12(18-17-11)13(20)15-9-5-4-6-10-8(9)7-14-19(10)2/h7,9H,3-6H2,1-2H3,(H,15,20)(H,16,17,18). The minimum Gasteiger partial charge on any atom is -0.342 e. The lowest BCUT2D eigenvalue weighted by molar-refractivity contribution is 0.0922. The predicted octanol–water partition coefficient (Wildman–Crippen LogP) is 0.908. The van der Waals surface area contributed by atoms with Crippen molar-refractivity contribution in [3.63, 3.8) is 0 Å². The van der Waals surface area contributed by atoms with E-state index >= 15 is 0 Å². The summed E-state index contributed by atoms with van der Waals surface area (Å²) in [6.07, 6.45) is 5.56. The first kappa shape index (κ1) is 12.8. The topological polar surface area (TPSA) is 88.5 Å². The molecular weight excluding hydrogens is 256 g/mol. The zero-order chi connectivity index (χ0) is 14.1. The fourth-order valence-electron chi connectivity index (χ4n) is 2.63. The number of H-pyrrole nitrogens is 1. The SMILES string of the molecule is CCc1nc(C(=O)NC2CCCc3c2cnn3C)n[nH]1. The number of aryl methyl sites for hydroxylation is 2. The average Bonchev–Trinajstić information content (AvgIpc) is 3.07. The molecule has 0 aliphatic heterocycles. The van der Waals surface area contributed by atoms with Crippen molar-refractivity contribution in [2.24, 2.45) is 7.05 Å². The van der Waals surface area contributed by atoms with Gasteiger partial charge in [-0.2, -0.15) is 5.10 Å². The van der Waals surface area contributed by atoms with E-state index in [2.05, 4.69) is 25.6 Å². The van der Waals surface area contributed by atoms with Gasteiger partial charge in [0, 0.05) is 24.7 Å². The number of amides is 1. The van der Waals surface area contributed by atoms with Crippen molar-refractivity contribution < 1.29 is 4.79 Å². The van der Waals surface area contributed by atoms with E-state index in [9.17, 15) is 4.79 Å². The second-order valence-corrected chi connectivity index (χ2v) is 5.05. The maximum atomic E-state index is 12.2. The van der Waals surface area contributed by atoms with Gasteiger partial charge in [0.1, 0.15) is 5.82 Å². The fraction of sp³-hybridized carbons (Fsp3) is 0.538. The van der Waals surface area contributed by atoms with E-state index in [0.29, 0.717) is 0 Å². The highest BCUT2D eigenvalue weighted by molar-refractivity contribution is 5.90. The number of rotatable bonds is 3. The van der Waals surface area contributed by atoms with Crippen LogP contribution >= 0.6 is 0 Å². The van der Waals surface area contributed by atoms with Gasteiger partial charge in [0.15, 0.2) is 0 Å². The van der Waals surface area contributed by atoms with Crippen LogP contribution < -0.4 is 5.32 Å². The Balaban J connectivity index is 1.77. The Morgan fingerprint density at radius 3 is 3.20 bits per heavy atom. The Labute approximate surface area is 116 Å². The van der Waals surface area contributed by atoms with Crippen molar-refractivity contribution in [3.8, 4) is 0 Å². The molecule has 2 heterocycles. The number of fused-ring (bicyclic) bond motifs is 1. The van der Waals surface area contributed by atoms with E-state index in [4.69, 9.17) is 0 Å². The van der Waals surface area contributed by atoms with Crippen molar-refractivity contribution in [3.05, 3.63) is 29.1 Å². The Hall–Kier alpha value is -2.18. The Kier molecular flexibility index (Phi) is 3.25. The molecule has 1 amide bonds. The zero-order valence-electron chi connectivity index (χ0n) is 11.7. The summed E-state index contributed by atoms with van der Waals surface area (Å²) in [5, 5.41) is 14.0. The normalized spacial score (nSPS) is 17.8. The largest absolute Gasteiger partial charge is 0.342 e. The zero-order valence-corrected chi connectivity index (χ0v) is 11.7. The minimum atomic E-state index is -0.234. The van der Waals surface area contributed by atoms with Gasteiger partial charge in [-0.25, -0.2) is 4.98 Å². The molecule has 7 nitrogen and oxygen atoms in total. The van der Waals surface area contributed by atoms with Crippen LogP contribution in [-0.4, -0.2) is 30.9 Å². The van der Waals surface area contributed by atoms with E-state index in [1.807, 2.05) is 24.9 Å². The van der Waals surface area contributed by atoms with Crippen LogP contribution in [0.1, 0.15) is 53.5 Å². The van der Waals surface area contributed by atoms with Crippen LogP contribution in [0.3, 0.4) is 0 Å². The number of hydrogen-bond donors (Lipinski definition) is 2. The van der Waals surface area contributed by atoms with E-state index in [1.54, 1.807) is 0 Å². The van der Waals surface area contributed by atoms with Crippen molar-refractivity contribution in [1.82, 2.24) is 30.3 Å². The van der Waals surface area contributed by atoms with Gasteiger partial charge in [-0.15, -0.1) is 5.10 Å². The summed E-state index contributed by atoms with van der Waals surface area (Å²) in [7, 11) is 1.94. The van der Waals surface area contributed by atoms with Gasteiger partial charge < -0.3 is 5.32 Å². The molecule has 2 aromatic rings. The lowest BCUT2D eigenvalue weighted by Gasteiger charge is -2.23. The van der Waals surface area contributed by atoms with Crippen LogP contribution in [-0.2, 0) is 19.9 Å². The van der Waals surface area contributed by atoms with Crippen molar-refractivity contribution in [2.75, 3.05) is 0 Å². The number of nitrogens with zero attached hydrogens (tertiary/aromatic N) is 4. The lowest BCUT2D eigenvalue weighted by atomic mass is 9.93. The molecule has 0 saturated carbocycles. The van der Waals surface area contributed by atoms with Crippen molar-refractivity contribution in [2.45, 2.75) is 38.6 Å². The van der Waals surface area contributed by atoms with Gasteiger partial charge in [-0.1, -0.05) is 6.92 Å². The molecule has 1 aliphatic carbocycles. The van der Waals surface area contributed by atoms with Crippen molar-refractivity contribution in [1.29, 1.82) is 0 Å². The fourth-order valence-corrected chi connectivity index (χ4v) is 2.63. The third kappa shape index (κ3) is 2.19. The summed E-state index contributed by atoms with van der Waals surface area (Å²) in [5.74, 6) is 0.696. The predicted molar refractivity (Wildman–Crippen MR) is 72.1 cm³/mol. The number of aromatic amines is 1. The van der Waals surface area contributed by atoms with Gasteiger partial charge >= 0.3 is 0 Å². The molecule has 7 heteroatoms. The average molecular weight is 274 g/mol. The molecule has 0 spiro atoms. The molecule has 2 aromatic heterocycles. The van der Waals surface area contributed by atoms with Crippen LogP contribution in [0.2, 0.25) is 0 Å². The molecule has 0 saturated heterocycles. The maximum absolute atomic E-state index is 12.2. The number of nitrogens with one attached hydrogen (secondary N) is 2. The van der Waals surface area contributed by atoms with E-state index in [-0.39, 0.29) is 17.8 Å². The van der Waals surface area contributed by atoms with Gasteiger partial charge in [0.05, 0.1) is 12.2 Å². The number of aromatic nitrogens is 5. The third-order valence-corrected chi connectivity index (χ3v) is 3.75. The number of carbonyl (C=O) groups excluding carboxylic acids is 1. The van der Waals surface area contributed by atoms with Crippen LogP contribution in [0, 0.1) is 0 Å². The summed E-state index contributed by atoms with van der Waals surface area (Å²) in [6.45, 7) is 1.96. The summed E-state index contributed by atoms with van der Waals surface area (Å²) in [5.41, 5.74) is 2.31. The highest BCUT2D eigenvalue weighted by Gasteiger charge is 2.26. The second-order valence-electron chi connectivity index (χ2n) is 5.05. The first-order chi connectivity index (χ1) is 9.69. The first-order valence-electron chi connectivity index (χ1n) is 6.92. The second kappa shape index (κ2) is 5.07. The van der Waals surface area contributed by atoms with E-state index < -0.39 is 0 Å². The number of carbonyl (C=O) groups is 1. The number of hydrogen-bond acceptors (Lipinski definition) is 4. The molecule has 1 aliphatic rings. The van der Waals surface area contributed by atoms with Crippen LogP contribution in [0.15, 0.2) is 6.20 Å². The van der Waals surface area contributed by atoms with Gasteiger partial charge in [0.2, 0.25) is 5.82 Å². The molecule has 0 fully saturated rings. The molecule has 1 unspecified atom stereocenters. The molecule has 20 heavy (non-hydrogen) atoms. The Bertz CT molecular complexity index is 629. The molecule has 106 valence electrons. The van der Waals surface area contributed by atoms with Crippen molar-refractivity contribution >= 4 is 5.91 Å². The summed E-state index contributed by atoms with van der Waals surface area (Å²) >= 11 is 0. The van der Waals surface area contributed by atoms with E-state index in [0.717, 1.165) is 37.1 Å². The maximum Gasteiger partial charge on any atom is 0.291 e.